The van der Waals surface area contributed by atoms with Crippen molar-refractivity contribution >= 4 is 28.8 Å². The van der Waals surface area contributed by atoms with Crippen LogP contribution >= 0.6 is 10.2 Å². The molecule has 0 bridgehead atoms. The van der Waals surface area contributed by atoms with Crippen molar-refractivity contribution in [1.29, 1.82) is 0 Å². The molecule has 4 heteroatoms. The van der Waals surface area contributed by atoms with Gasteiger partial charge in [-0.1, -0.05) is 0 Å². The van der Waals surface area contributed by atoms with Crippen molar-refractivity contribution in [2.75, 3.05) is 4.33 Å². The molecule has 1 unspecified atom stereocenters. The van der Waals surface area contributed by atoms with Crippen LogP contribution in [0.3, 0.4) is 0 Å². The van der Waals surface area contributed by atoms with Crippen molar-refractivity contribution in [3.8, 4) is 0 Å². The Balaban J connectivity index is 2.51. The average Bonchev–Trinajstić information content (AvgIpc) is 2.27. The summed E-state index contributed by atoms with van der Waals surface area (Å²) in [7, 11) is 1.45. The van der Waals surface area contributed by atoms with Crippen LogP contribution in [0.5, 0.6) is 0 Å². The molecule has 2 nitrogen and oxygen atoms in total. The van der Waals surface area contributed by atoms with Crippen LogP contribution in [0.25, 0.3) is 0 Å². The van der Waals surface area contributed by atoms with Crippen molar-refractivity contribution < 1.29 is 3.83 Å². The maximum atomic E-state index is 11.0. The van der Waals surface area contributed by atoms with Gasteiger partial charge in [-0.15, -0.1) is 0 Å². The van der Waals surface area contributed by atoms with E-state index in [4.69, 9.17) is 0 Å². The molecule has 52 valence electrons. The van der Waals surface area contributed by atoms with Gasteiger partial charge in [0, 0.05) is 0 Å². The standard InChI is InChI=1S/C6H5NOSSe/c8-10-7-5-3-1-2-4-6(5)9-10/h1-4,7H. The van der Waals surface area contributed by atoms with Crippen LogP contribution < -0.4 is 4.33 Å². The molecule has 0 saturated heterocycles. The Morgan fingerprint density at radius 2 is 2.20 bits per heavy atom. The Kier molecular flexibility index (Phi) is 1.52. The SMILES string of the molecule is O=[Se]1Nc2ccccc2S1. The number of rotatable bonds is 0. The molecule has 0 spiro atoms. The number of para-hydroxylation sites is 1. The van der Waals surface area contributed by atoms with Gasteiger partial charge in [-0.3, -0.25) is 0 Å². The summed E-state index contributed by atoms with van der Waals surface area (Å²) in [6.07, 6.45) is 0. The molecular weight excluding hydrogens is 213 g/mol. The molecular formula is C6H5NOSSe. The molecule has 0 amide bonds. The van der Waals surface area contributed by atoms with Gasteiger partial charge in [-0.2, -0.15) is 0 Å². The molecule has 0 radical (unpaired) electrons. The van der Waals surface area contributed by atoms with E-state index < -0.39 is 12.9 Å². The summed E-state index contributed by atoms with van der Waals surface area (Å²) in [5, 5.41) is 0. The first-order chi connectivity index (χ1) is 4.86. The minimum absolute atomic E-state index is 1.02. The van der Waals surface area contributed by atoms with Crippen LogP contribution in [-0.4, -0.2) is 12.9 Å². The Hall–Kier alpha value is -0.311. The minimum atomic E-state index is -1.80. The van der Waals surface area contributed by atoms with Gasteiger partial charge in [-0.25, -0.2) is 0 Å². The predicted molar refractivity (Wildman–Crippen MR) is 42.4 cm³/mol. The summed E-state index contributed by atoms with van der Waals surface area (Å²) in [6, 6.07) is 7.83. The molecule has 1 heterocycles. The van der Waals surface area contributed by atoms with Crippen LogP contribution in [0, 0.1) is 0 Å². The third kappa shape index (κ3) is 0.985. The fourth-order valence-electron chi connectivity index (χ4n) is 0.816. The van der Waals surface area contributed by atoms with Crippen LogP contribution in [0.4, 0.5) is 5.69 Å². The second kappa shape index (κ2) is 2.38. The summed E-state index contributed by atoms with van der Waals surface area (Å²) < 4.78 is 13.9. The molecule has 0 aromatic heterocycles. The topological polar surface area (TPSA) is 29.1 Å². The summed E-state index contributed by atoms with van der Waals surface area (Å²) in [4.78, 5) is 1.11. The monoisotopic (exact) mass is 219 g/mol. The molecule has 1 aliphatic rings. The van der Waals surface area contributed by atoms with Gasteiger partial charge in [0.15, 0.2) is 0 Å². The molecule has 0 saturated carbocycles. The maximum absolute atomic E-state index is 11.0. The van der Waals surface area contributed by atoms with Crippen molar-refractivity contribution in [3.63, 3.8) is 0 Å². The zero-order valence-electron chi connectivity index (χ0n) is 5.03. The summed E-state index contributed by atoms with van der Waals surface area (Å²) in [5.41, 5.74) is 1.02. The molecule has 0 fully saturated rings. The number of benzene rings is 1. The van der Waals surface area contributed by atoms with E-state index in [9.17, 15) is 3.83 Å². The fraction of sp³-hybridized carbons (Fsp3) is 0. The molecule has 1 N–H and O–H groups in total. The van der Waals surface area contributed by atoms with Gasteiger partial charge in [0.1, 0.15) is 0 Å². The molecule has 1 aromatic rings. The van der Waals surface area contributed by atoms with Crippen LogP contribution in [0.15, 0.2) is 29.2 Å². The normalized spacial score (nSPS) is 21.8. The zero-order valence-corrected chi connectivity index (χ0v) is 7.56. The van der Waals surface area contributed by atoms with E-state index >= 15 is 0 Å². The van der Waals surface area contributed by atoms with E-state index in [0.29, 0.717) is 0 Å². The van der Waals surface area contributed by atoms with Gasteiger partial charge in [-0.05, 0) is 0 Å². The molecule has 1 aliphatic heterocycles. The van der Waals surface area contributed by atoms with Gasteiger partial charge in [0.05, 0.1) is 0 Å². The summed E-state index contributed by atoms with van der Waals surface area (Å²) in [6.45, 7) is 0. The van der Waals surface area contributed by atoms with Crippen LogP contribution in [0.2, 0.25) is 0 Å². The third-order valence-corrected chi connectivity index (χ3v) is 5.26. The van der Waals surface area contributed by atoms with Crippen molar-refractivity contribution in [2.45, 2.75) is 4.90 Å². The van der Waals surface area contributed by atoms with Crippen molar-refractivity contribution in [3.05, 3.63) is 24.3 Å². The van der Waals surface area contributed by atoms with Crippen molar-refractivity contribution in [1.82, 2.24) is 0 Å². The second-order valence-corrected chi connectivity index (χ2v) is 6.56. The molecule has 0 aliphatic carbocycles. The second-order valence-electron chi connectivity index (χ2n) is 1.92. The summed E-state index contributed by atoms with van der Waals surface area (Å²) in [5.74, 6) is 0. The van der Waals surface area contributed by atoms with Gasteiger partial charge in [0.2, 0.25) is 0 Å². The Bertz CT molecular complexity index is 262. The van der Waals surface area contributed by atoms with E-state index in [0.717, 1.165) is 10.6 Å². The molecule has 1 aromatic carbocycles. The number of hydrogen-bond donors (Lipinski definition) is 1. The Morgan fingerprint density at radius 3 is 3.00 bits per heavy atom. The number of nitrogens with one attached hydrogen (secondary N) is 1. The van der Waals surface area contributed by atoms with E-state index in [-0.39, 0.29) is 0 Å². The fourth-order valence-corrected chi connectivity index (χ4v) is 4.93. The number of fused-ring (bicyclic) bond motifs is 1. The Morgan fingerprint density at radius 1 is 1.40 bits per heavy atom. The first kappa shape index (κ1) is 6.40. The summed E-state index contributed by atoms with van der Waals surface area (Å²) >= 11 is -1.80. The van der Waals surface area contributed by atoms with E-state index in [1.165, 1.54) is 10.2 Å². The quantitative estimate of drug-likeness (QED) is 0.671. The third-order valence-electron chi connectivity index (χ3n) is 1.25. The average molecular weight is 218 g/mol. The zero-order chi connectivity index (χ0) is 6.97. The van der Waals surface area contributed by atoms with E-state index in [1.54, 1.807) is 0 Å². The van der Waals surface area contributed by atoms with E-state index in [1.807, 2.05) is 24.3 Å². The first-order valence-corrected chi connectivity index (χ1v) is 7.21. The molecule has 2 rings (SSSR count). The van der Waals surface area contributed by atoms with Gasteiger partial charge >= 0.3 is 66.1 Å². The number of hydrogen-bond acceptors (Lipinski definition) is 2. The van der Waals surface area contributed by atoms with Gasteiger partial charge < -0.3 is 0 Å². The van der Waals surface area contributed by atoms with Crippen molar-refractivity contribution in [2.24, 2.45) is 0 Å². The van der Waals surface area contributed by atoms with Crippen LogP contribution in [0.1, 0.15) is 0 Å². The first-order valence-electron chi connectivity index (χ1n) is 2.82. The molecule has 1 atom stereocenters. The predicted octanol–water partition coefficient (Wildman–Crippen LogP) is 1.62. The number of anilines is 1. The van der Waals surface area contributed by atoms with Gasteiger partial charge in [0.25, 0.3) is 0 Å². The van der Waals surface area contributed by atoms with Crippen LogP contribution in [-0.2, 0) is 3.83 Å². The van der Waals surface area contributed by atoms with E-state index in [2.05, 4.69) is 4.33 Å². The molecule has 10 heavy (non-hydrogen) atoms. The Labute approximate surface area is 66.4 Å².